The van der Waals surface area contributed by atoms with Crippen LogP contribution >= 0.6 is 11.3 Å². The van der Waals surface area contributed by atoms with Crippen LogP contribution in [0.2, 0.25) is 0 Å². The highest BCUT2D eigenvalue weighted by Gasteiger charge is 2.24. The van der Waals surface area contributed by atoms with Gasteiger partial charge in [0.15, 0.2) is 5.82 Å². The van der Waals surface area contributed by atoms with Crippen molar-refractivity contribution in [2.75, 3.05) is 6.54 Å². The fraction of sp³-hybridized carbons (Fsp3) is 0.545. The van der Waals surface area contributed by atoms with Crippen LogP contribution in [0.25, 0.3) is 11.5 Å². The summed E-state index contributed by atoms with van der Waals surface area (Å²) in [6.45, 7) is 8.10. The van der Waals surface area contributed by atoms with Crippen LogP contribution in [0.1, 0.15) is 28.7 Å². The molecule has 3 rings (SSSR count). The fourth-order valence-electron chi connectivity index (χ4n) is 2.25. The monoisotopic (exact) mass is 249 g/mol. The lowest BCUT2D eigenvalue weighted by molar-refractivity contribution is 0.438. The van der Waals surface area contributed by atoms with E-state index in [2.05, 4.69) is 38.9 Å². The minimum Gasteiger partial charge on any atom is -0.307 e. The van der Waals surface area contributed by atoms with Gasteiger partial charge in [-0.15, -0.1) is 21.5 Å². The van der Waals surface area contributed by atoms with Crippen molar-refractivity contribution >= 4 is 11.3 Å². The predicted molar refractivity (Wildman–Crippen MR) is 67.0 cm³/mol. The minimum atomic E-state index is 0.269. The first kappa shape index (κ1) is 10.9. The Bertz CT molecular complexity index is 556. The predicted octanol–water partition coefficient (Wildman–Crippen LogP) is 1.68. The van der Waals surface area contributed by atoms with Crippen LogP contribution in [0.5, 0.6) is 0 Å². The number of aryl methyl sites for hydroxylation is 2. The zero-order valence-corrected chi connectivity index (χ0v) is 11.0. The first-order valence-corrected chi connectivity index (χ1v) is 6.59. The molecule has 0 fully saturated rings. The van der Waals surface area contributed by atoms with Crippen LogP contribution in [0, 0.1) is 13.8 Å². The highest BCUT2D eigenvalue weighted by molar-refractivity contribution is 7.11. The smallest absolute Gasteiger partial charge is 0.183 e. The lowest BCUT2D eigenvalue weighted by atomic mass is 10.2. The van der Waals surface area contributed by atoms with Gasteiger partial charge in [0.2, 0.25) is 0 Å². The van der Waals surface area contributed by atoms with Crippen LogP contribution < -0.4 is 5.32 Å². The van der Waals surface area contributed by atoms with Crippen LogP contribution in [-0.4, -0.2) is 26.3 Å². The molecular weight excluding hydrogens is 234 g/mol. The van der Waals surface area contributed by atoms with E-state index in [4.69, 9.17) is 0 Å². The second kappa shape index (κ2) is 3.89. The summed E-state index contributed by atoms with van der Waals surface area (Å²) in [5.74, 6) is 1.92. The van der Waals surface area contributed by atoms with Gasteiger partial charge in [-0.2, -0.15) is 0 Å². The summed E-state index contributed by atoms with van der Waals surface area (Å²) in [6, 6.07) is 0.269. The maximum absolute atomic E-state index is 4.56. The van der Waals surface area contributed by atoms with E-state index in [1.807, 2.05) is 6.92 Å². The lowest BCUT2D eigenvalue weighted by Crippen LogP contribution is -2.32. The number of nitrogens with zero attached hydrogens (tertiary/aromatic N) is 4. The maximum Gasteiger partial charge on any atom is 0.183 e. The molecule has 0 spiro atoms. The SMILES string of the molecule is Cc1nc(-c2nnc3n2CCNC3C)c(C)s1. The Balaban J connectivity index is 2.13. The van der Waals surface area contributed by atoms with Crippen LogP contribution in [0.4, 0.5) is 0 Å². The third kappa shape index (κ3) is 1.68. The summed E-state index contributed by atoms with van der Waals surface area (Å²) < 4.78 is 2.18. The highest BCUT2D eigenvalue weighted by atomic mass is 32.1. The second-order valence-electron chi connectivity index (χ2n) is 4.35. The molecule has 0 bridgehead atoms. The molecule has 1 aliphatic rings. The highest BCUT2D eigenvalue weighted by Crippen LogP contribution is 2.28. The van der Waals surface area contributed by atoms with E-state index in [-0.39, 0.29) is 6.04 Å². The normalized spacial score (nSPS) is 19.4. The molecule has 0 amide bonds. The van der Waals surface area contributed by atoms with Gasteiger partial charge >= 0.3 is 0 Å². The molecule has 1 N–H and O–H groups in total. The van der Waals surface area contributed by atoms with E-state index in [9.17, 15) is 0 Å². The van der Waals surface area contributed by atoms with E-state index in [1.54, 1.807) is 11.3 Å². The molecule has 2 aromatic heterocycles. The van der Waals surface area contributed by atoms with Crippen LogP contribution in [0.3, 0.4) is 0 Å². The molecule has 0 saturated carbocycles. The van der Waals surface area contributed by atoms with Gasteiger partial charge in [0.1, 0.15) is 11.5 Å². The maximum atomic E-state index is 4.56. The molecule has 0 radical (unpaired) electrons. The first-order chi connectivity index (χ1) is 8.16. The van der Waals surface area contributed by atoms with Crippen molar-refractivity contribution in [3.63, 3.8) is 0 Å². The molecule has 17 heavy (non-hydrogen) atoms. The van der Waals surface area contributed by atoms with Gasteiger partial charge in [0.25, 0.3) is 0 Å². The van der Waals surface area contributed by atoms with Crippen molar-refractivity contribution in [3.8, 4) is 11.5 Å². The average molecular weight is 249 g/mol. The van der Waals surface area contributed by atoms with Gasteiger partial charge in [-0.3, -0.25) is 0 Å². The van der Waals surface area contributed by atoms with Crippen molar-refractivity contribution in [3.05, 3.63) is 15.7 Å². The van der Waals surface area contributed by atoms with E-state index < -0.39 is 0 Å². The van der Waals surface area contributed by atoms with Crippen molar-refractivity contribution < 1.29 is 0 Å². The average Bonchev–Trinajstić information content (AvgIpc) is 2.83. The molecule has 3 heterocycles. The fourth-order valence-corrected chi connectivity index (χ4v) is 3.07. The van der Waals surface area contributed by atoms with Gasteiger partial charge in [-0.05, 0) is 20.8 Å². The number of hydrogen-bond acceptors (Lipinski definition) is 5. The van der Waals surface area contributed by atoms with Gasteiger partial charge in [0.05, 0.1) is 11.0 Å². The van der Waals surface area contributed by atoms with Crippen molar-refractivity contribution in [1.29, 1.82) is 0 Å². The number of nitrogens with one attached hydrogen (secondary N) is 1. The molecule has 0 saturated heterocycles. The van der Waals surface area contributed by atoms with Gasteiger partial charge in [0, 0.05) is 18.0 Å². The Labute approximate surface area is 104 Å². The standard InChI is InChI=1S/C11H15N5S/c1-6-10-14-15-11(16(10)5-4-12-6)9-7(2)17-8(3)13-9/h6,12H,4-5H2,1-3H3. The topological polar surface area (TPSA) is 55.6 Å². The second-order valence-corrected chi connectivity index (χ2v) is 5.75. The molecular formula is C11H15N5S. The van der Waals surface area contributed by atoms with Crippen molar-refractivity contribution in [2.45, 2.75) is 33.4 Å². The molecule has 0 aliphatic carbocycles. The summed E-state index contributed by atoms with van der Waals surface area (Å²) in [5, 5.41) is 13.1. The summed E-state index contributed by atoms with van der Waals surface area (Å²) in [4.78, 5) is 5.77. The Morgan fingerprint density at radius 1 is 1.35 bits per heavy atom. The number of thiazole rings is 1. The van der Waals surface area contributed by atoms with Gasteiger partial charge in [-0.25, -0.2) is 4.98 Å². The largest absolute Gasteiger partial charge is 0.307 e. The van der Waals surface area contributed by atoms with Crippen molar-refractivity contribution in [1.82, 2.24) is 25.1 Å². The minimum absolute atomic E-state index is 0.269. The Morgan fingerprint density at radius 3 is 2.88 bits per heavy atom. The summed E-state index contributed by atoms with van der Waals surface area (Å²) in [5.41, 5.74) is 0.986. The van der Waals surface area contributed by atoms with Gasteiger partial charge < -0.3 is 9.88 Å². The number of aromatic nitrogens is 4. The third-order valence-electron chi connectivity index (χ3n) is 3.07. The van der Waals surface area contributed by atoms with E-state index >= 15 is 0 Å². The Hall–Kier alpha value is -1.27. The summed E-state index contributed by atoms with van der Waals surface area (Å²) in [7, 11) is 0. The Kier molecular flexibility index (Phi) is 2.48. The molecule has 1 unspecified atom stereocenters. The number of rotatable bonds is 1. The van der Waals surface area contributed by atoms with Crippen molar-refractivity contribution in [2.24, 2.45) is 0 Å². The molecule has 1 atom stereocenters. The lowest BCUT2D eigenvalue weighted by Gasteiger charge is -2.21. The van der Waals surface area contributed by atoms with E-state index in [0.29, 0.717) is 0 Å². The summed E-state index contributed by atoms with van der Waals surface area (Å²) >= 11 is 1.71. The molecule has 1 aliphatic heterocycles. The first-order valence-electron chi connectivity index (χ1n) is 5.77. The zero-order chi connectivity index (χ0) is 12.0. The number of hydrogen-bond donors (Lipinski definition) is 1. The third-order valence-corrected chi connectivity index (χ3v) is 3.95. The molecule has 90 valence electrons. The Morgan fingerprint density at radius 2 is 2.18 bits per heavy atom. The van der Waals surface area contributed by atoms with E-state index in [0.717, 1.165) is 35.4 Å². The number of fused-ring (bicyclic) bond motifs is 1. The quantitative estimate of drug-likeness (QED) is 0.835. The van der Waals surface area contributed by atoms with Crippen LogP contribution in [0.15, 0.2) is 0 Å². The zero-order valence-electron chi connectivity index (χ0n) is 10.2. The molecule has 5 nitrogen and oxygen atoms in total. The van der Waals surface area contributed by atoms with Crippen LogP contribution in [-0.2, 0) is 6.54 Å². The molecule has 2 aromatic rings. The molecule has 6 heteroatoms. The molecule has 0 aromatic carbocycles. The van der Waals surface area contributed by atoms with Gasteiger partial charge in [-0.1, -0.05) is 0 Å². The van der Waals surface area contributed by atoms with E-state index in [1.165, 1.54) is 4.88 Å². The summed E-state index contributed by atoms with van der Waals surface area (Å²) in [6.07, 6.45) is 0.